The van der Waals surface area contributed by atoms with E-state index >= 15 is 0 Å². The zero-order chi connectivity index (χ0) is 15.8. The Morgan fingerprint density at radius 3 is 2.67 bits per heavy atom. The SMILES string of the molecule is C=C(CCC=Cc1cccc([N+](=O)[O-])c1)CC(C)=C(C)C. The first kappa shape index (κ1) is 16.9. The average Bonchev–Trinajstić information content (AvgIpc) is 2.43. The lowest BCUT2D eigenvalue weighted by Gasteiger charge is -2.06. The second-order valence-electron chi connectivity index (χ2n) is 5.50. The number of hydrogen-bond acceptors (Lipinski definition) is 2. The molecule has 21 heavy (non-hydrogen) atoms. The van der Waals surface area contributed by atoms with Gasteiger partial charge in [-0.2, -0.15) is 0 Å². The number of benzene rings is 1. The number of hydrogen-bond donors (Lipinski definition) is 0. The predicted octanol–water partition coefficient (Wildman–Crippen LogP) is 5.69. The Kier molecular flexibility index (Phi) is 6.60. The van der Waals surface area contributed by atoms with Crippen molar-refractivity contribution in [2.75, 3.05) is 0 Å². The fraction of sp³-hybridized carbons (Fsp3) is 0.333. The molecule has 3 nitrogen and oxygen atoms in total. The van der Waals surface area contributed by atoms with Crippen LogP contribution in [0.5, 0.6) is 0 Å². The summed E-state index contributed by atoms with van der Waals surface area (Å²) >= 11 is 0. The Labute approximate surface area is 126 Å². The second kappa shape index (κ2) is 8.20. The van der Waals surface area contributed by atoms with Crippen molar-refractivity contribution in [1.29, 1.82) is 0 Å². The van der Waals surface area contributed by atoms with E-state index in [2.05, 4.69) is 27.4 Å². The lowest BCUT2D eigenvalue weighted by molar-refractivity contribution is -0.384. The van der Waals surface area contributed by atoms with Crippen molar-refractivity contribution in [2.45, 2.75) is 40.0 Å². The van der Waals surface area contributed by atoms with Crippen molar-refractivity contribution in [1.82, 2.24) is 0 Å². The predicted molar refractivity (Wildman–Crippen MR) is 89.2 cm³/mol. The van der Waals surface area contributed by atoms with Crippen LogP contribution in [0, 0.1) is 10.1 Å². The highest BCUT2D eigenvalue weighted by Gasteiger charge is 2.03. The number of rotatable bonds is 7. The number of nitrogens with zero attached hydrogens (tertiary/aromatic N) is 1. The lowest BCUT2D eigenvalue weighted by Crippen LogP contribution is -1.87. The van der Waals surface area contributed by atoms with E-state index in [1.807, 2.05) is 18.2 Å². The monoisotopic (exact) mass is 285 g/mol. The Hall–Kier alpha value is -2.16. The third-order valence-electron chi connectivity index (χ3n) is 3.42. The van der Waals surface area contributed by atoms with Gasteiger partial charge < -0.3 is 0 Å². The van der Waals surface area contributed by atoms with Crippen molar-refractivity contribution in [2.24, 2.45) is 0 Å². The van der Waals surface area contributed by atoms with E-state index in [0.717, 1.165) is 24.8 Å². The van der Waals surface area contributed by atoms with Crippen molar-refractivity contribution in [3.63, 3.8) is 0 Å². The molecule has 0 heterocycles. The normalized spacial score (nSPS) is 10.6. The molecule has 3 heteroatoms. The van der Waals surface area contributed by atoms with Gasteiger partial charge in [0.2, 0.25) is 0 Å². The third-order valence-corrected chi connectivity index (χ3v) is 3.42. The highest BCUT2D eigenvalue weighted by Crippen LogP contribution is 2.18. The molecule has 0 N–H and O–H groups in total. The lowest BCUT2D eigenvalue weighted by atomic mass is 10.0. The highest BCUT2D eigenvalue weighted by atomic mass is 16.6. The Morgan fingerprint density at radius 1 is 1.33 bits per heavy atom. The van der Waals surface area contributed by atoms with E-state index < -0.39 is 0 Å². The highest BCUT2D eigenvalue weighted by molar-refractivity contribution is 5.53. The van der Waals surface area contributed by atoms with E-state index in [-0.39, 0.29) is 10.6 Å². The Balaban J connectivity index is 2.49. The van der Waals surface area contributed by atoms with E-state index in [1.165, 1.54) is 22.8 Å². The summed E-state index contributed by atoms with van der Waals surface area (Å²) in [7, 11) is 0. The molecule has 0 spiro atoms. The maximum absolute atomic E-state index is 10.7. The van der Waals surface area contributed by atoms with Gasteiger partial charge in [0.1, 0.15) is 0 Å². The summed E-state index contributed by atoms with van der Waals surface area (Å²) in [5, 5.41) is 10.7. The standard InChI is InChI=1S/C18H23NO2/c1-14(2)16(4)12-15(3)8-5-6-9-17-10-7-11-18(13-17)19(20)21/h6-7,9-11,13H,3,5,8,12H2,1-2,4H3. The van der Waals surface area contributed by atoms with Crippen LogP contribution in [0.1, 0.15) is 45.6 Å². The first-order chi connectivity index (χ1) is 9.90. The first-order valence-electron chi connectivity index (χ1n) is 7.10. The fourth-order valence-electron chi connectivity index (χ4n) is 1.89. The molecule has 1 aromatic rings. The molecule has 1 aromatic carbocycles. The summed E-state index contributed by atoms with van der Waals surface area (Å²) in [5.74, 6) is 0. The molecule has 0 aliphatic heterocycles. The number of non-ortho nitro benzene ring substituents is 1. The van der Waals surface area contributed by atoms with Gasteiger partial charge >= 0.3 is 0 Å². The molecule has 0 atom stereocenters. The van der Waals surface area contributed by atoms with Crippen LogP contribution >= 0.6 is 0 Å². The van der Waals surface area contributed by atoms with Crippen molar-refractivity contribution >= 4 is 11.8 Å². The zero-order valence-corrected chi connectivity index (χ0v) is 13.1. The van der Waals surface area contributed by atoms with Gasteiger partial charge in [0.25, 0.3) is 5.69 Å². The minimum atomic E-state index is -0.374. The van der Waals surface area contributed by atoms with Gasteiger partial charge in [0.05, 0.1) is 4.92 Å². The molecule has 0 fully saturated rings. The zero-order valence-electron chi connectivity index (χ0n) is 13.1. The fourth-order valence-corrected chi connectivity index (χ4v) is 1.89. The van der Waals surface area contributed by atoms with Crippen LogP contribution in [0.15, 0.2) is 53.6 Å². The Morgan fingerprint density at radius 2 is 2.05 bits per heavy atom. The maximum atomic E-state index is 10.7. The summed E-state index contributed by atoms with van der Waals surface area (Å²) < 4.78 is 0. The summed E-state index contributed by atoms with van der Waals surface area (Å²) in [4.78, 5) is 10.3. The average molecular weight is 285 g/mol. The maximum Gasteiger partial charge on any atom is 0.270 e. The van der Waals surface area contributed by atoms with Crippen LogP contribution in [0.2, 0.25) is 0 Å². The van der Waals surface area contributed by atoms with Gasteiger partial charge in [0.15, 0.2) is 0 Å². The molecular weight excluding hydrogens is 262 g/mol. The Bertz CT molecular complexity index is 579. The molecule has 0 saturated carbocycles. The third kappa shape index (κ3) is 6.21. The van der Waals surface area contributed by atoms with Gasteiger partial charge in [-0.3, -0.25) is 10.1 Å². The molecule has 0 bridgehead atoms. The quantitative estimate of drug-likeness (QED) is 0.367. The first-order valence-corrected chi connectivity index (χ1v) is 7.10. The van der Waals surface area contributed by atoms with Crippen LogP contribution in [0.4, 0.5) is 5.69 Å². The molecule has 0 radical (unpaired) electrons. The molecule has 0 aromatic heterocycles. The van der Waals surface area contributed by atoms with Crippen molar-refractivity contribution in [3.05, 3.63) is 69.3 Å². The minimum Gasteiger partial charge on any atom is -0.258 e. The summed E-state index contributed by atoms with van der Waals surface area (Å²) in [5.41, 5.74) is 4.93. The van der Waals surface area contributed by atoms with Crippen molar-refractivity contribution < 1.29 is 4.92 Å². The summed E-state index contributed by atoms with van der Waals surface area (Å²) in [6, 6.07) is 6.65. The topological polar surface area (TPSA) is 43.1 Å². The molecular formula is C18H23NO2. The van der Waals surface area contributed by atoms with Gasteiger partial charge in [-0.25, -0.2) is 0 Å². The molecule has 0 aliphatic carbocycles. The van der Waals surface area contributed by atoms with Crippen LogP contribution in [0.25, 0.3) is 6.08 Å². The summed E-state index contributed by atoms with van der Waals surface area (Å²) in [6.45, 7) is 10.5. The van der Waals surface area contributed by atoms with E-state index in [4.69, 9.17) is 0 Å². The van der Waals surface area contributed by atoms with E-state index in [9.17, 15) is 10.1 Å². The van der Waals surface area contributed by atoms with E-state index in [1.54, 1.807) is 12.1 Å². The molecule has 1 rings (SSSR count). The van der Waals surface area contributed by atoms with Crippen molar-refractivity contribution in [3.8, 4) is 0 Å². The molecule has 0 saturated heterocycles. The molecule has 112 valence electrons. The largest absolute Gasteiger partial charge is 0.270 e. The van der Waals surface area contributed by atoms with Crippen LogP contribution in [-0.4, -0.2) is 4.92 Å². The molecule has 0 aliphatic rings. The number of nitro benzene ring substituents is 1. The second-order valence-corrected chi connectivity index (χ2v) is 5.50. The van der Waals surface area contributed by atoms with Crippen LogP contribution in [0.3, 0.4) is 0 Å². The number of nitro groups is 1. The molecule has 0 unspecified atom stereocenters. The summed E-state index contributed by atoms with van der Waals surface area (Å²) in [6.07, 6.45) is 6.76. The smallest absolute Gasteiger partial charge is 0.258 e. The van der Waals surface area contributed by atoms with Gasteiger partial charge in [-0.1, -0.05) is 47.6 Å². The molecule has 0 amide bonds. The van der Waals surface area contributed by atoms with Crippen LogP contribution < -0.4 is 0 Å². The van der Waals surface area contributed by atoms with E-state index in [0.29, 0.717) is 0 Å². The van der Waals surface area contributed by atoms with Crippen LogP contribution in [-0.2, 0) is 0 Å². The van der Waals surface area contributed by atoms with Gasteiger partial charge in [-0.15, -0.1) is 0 Å². The minimum absolute atomic E-state index is 0.126. The van der Waals surface area contributed by atoms with Gasteiger partial charge in [-0.05, 0) is 45.6 Å². The number of allylic oxidation sites excluding steroid dienone is 4. The van der Waals surface area contributed by atoms with Gasteiger partial charge in [0, 0.05) is 12.1 Å².